The summed E-state index contributed by atoms with van der Waals surface area (Å²) in [6.07, 6.45) is 2.68. The van der Waals surface area contributed by atoms with E-state index >= 15 is 0 Å². The molecule has 9 heteroatoms. The summed E-state index contributed by atoms with van der Waals surface area (Å²) in [4.78, 5) is 20.7. The maximum atomic E-state index is 12.9. The summed E-state index contributed by atoms with van der Waals surface area (Å²) >= 11 is 12.2. The monoisotopic (exact) mass is 457 g/mol. The lowest BCUT2D eigenvalue weighted by molar-refractivity contribution is 0.300. The van der Waals surface area contributed by atoms with Gasteiger partial charge in [0.2, 0.25) is 0 Å². The zero-order valence-electron chi connectivity index (χ0n) is 17.3. The van der Waals surface area contributed by atoms with E-state index in [0.717, 1.165) is 11.8 Å². The van der Waals surface area contributed by atoms with Gasteiger partial charge in [-0.2, -0.15) is 0 Å². The molecular weight excluding hydrogens is 435 g/mol. The van der Waals surface area contributed by atoms with Gasteiger partial charge in [0.1, 0.15) is 28.3 Å². The normalized spacial score (nSPS) is 9.77. The van der Waals surface area contributed by atoms with Gasteiger partial charge in [0.15, 0.2) is 0 Å². The topological polar surface area (TPSA) is 57.0 Å². The fourth-order valence-electron chi connectivity index (χ4n) is 2.46. The third kappa shape index (κ3) is 6.24. The van der Waals surface area contributed by atoms with E-state index in [1.807, 2.05) is 20.8 Å². The van der Waals surface area contributed by atoms with Crippen LogP contribution in [0, 0.1) is 19.7 Å². The summed E-state index contributed by atoms with van der Waals surface area (Å²) in [7, 11) is 0.500. The van der Waals surface area contributed by atoms with Gasteiger partial charge in [-0.3, -0.25) is 18.7 Å². The minimum Gasteiger partial charge on any atom is -0.485 e. The molecule has 3 rings (SSSR count). The average Bonchev–Trinajstić information content (AvgIpc) is 2.76. The molecule has 0 aliphatic heterocycles. The molecule has 3 aromatic heterocycles. The second-order valence-corrected chi connectivity index (χ2v) is 6.42. The van der Waals surface area contributed by atoms with Gasteiger partial charge in [0.05, 0.1) is 24.8 Å². The molecule has 0 amide bonds. The first-order chi connectivity index (χ1) is 14.4. The van der Waals surface area contributed by atoms with Crippen LogP contribution in [-0.2, 0) is 6.61 Å². The van der Waals surface area contributed by atoms with Crippen molar-refractivity contribution in [2.45, 2.75) is 34.3 Å². The average molecular weight is 458 g/mol. The van der Waals surface area contributed by atoms with Crippen molar-refractivity contribution in [3.8, 4) is 11.4 Å². The molecule has 0 N–H and O–H groups in total. The van der Waals surface area contributed by atoms with Crippen LogP contribution >= 0.6 is 23.2 Å². The first kappa shape index (κ1) is 25.5. The summed E-state index contributed by atoms with van der Waals surface area (Å²) < 4.78 is 29.5. The molecule has 0 aliphatic carbocycles. The molecule has 162 valence electrons. The third-order valence-electron chi connectivity index (χ3n) is 3.75. The van der Waals surface area contributed by atoms with E-state index in [-0.39, 0.29) is 22.5 Å². The number of aromatic nitrogens is 3. The van der Waals surface area contributed by atoms with Crippen molar-refractivity contribution in [2.75, 3.05) is 7.18 Å². The minimum absolute atomic E-state index is 0.0585. The molecule has 0 bridgehead atoms. The maximum Gasteiger partial charge on any atom is 0.277 e. The number of pyridine rings is 3. The number of ether oxygens (including phenoxy) is 1. The van der Waals surface area contributed by atoms with Gasteiger partial charge in [-0.05, 0) is 37.6 Å². The molecule has 30 heavy (non-hydrogen) atoms. The van der Waals surface area contributed by atoms with Crippen LogP contribution in [0.15, 0.2) is 41.5 Å². The summed E-state index contributed by atoms with van der Waals surface area (Å²) in [6.45, 7) is 7.64. The lowest BCUT2D eigenvalue weighted by atomic mass is 10.2. The Morgan fingerprint density at radius 3 is 2.33 bits per heavy atom. The Labute approximate surface area is 184 Å². The highest BCUT2D eigenvalue weighted by Crippen LogP contribution is 2.25. The lowest BCUT2D eigenvalue weighted by Crippen LogP contribution is -2.22. The predicted molar refractivity (Wildman–Crippen MR) is 116 cm³/mol. The van der Waals surface area contributed by atoms with Crippen molar-refractivity contribution in [3.63, 3.8) is 0 Å². The second-order valence-electron chi connectivity index (χ2n) is 5.65. The summed E-state index contributed by atoms with van der Waals surface area (Å²) in [5.74, 6) is -0.203. The molecule has 0 unspecified atom stereocenters. The number of nitrogens with zero attached hydrogens (tertiary/aromatic N) is 3. The summed E-state index contributed by atoms with van der Waals surface area (Å²) in [6, 6.07) is 6.04. The highest BCUT2D eigenvalue weighted by molar-refractivity contribution is 6.32. The van der Waals surface area contributed by atoms with E-state index in [0.29, 0.717) is 24.3 Å². The SMILES string of the molecule is CC.CF.Cc1cnc(Cl)cc1-n1c(C)cc(OCc2ccc(F)cn2)c(Cl)c1=O. The van der Waals surface area contributed by atoms with Crippen LogP contribution < -0.4 is 10.3 Å². The van der Waals surface area contributed by atoms with Crippen molar-refractivity contribution in [1.82, 2.24) is 14.5 Å². The zero-order valence-corrected chi connectivity index (χ0v) is 18.9. The number of hydrogen-bond acceptors (Lipinski definition) is 4. The van der Waals surface area contributed by atoms with E-state index in [2.05, 4.69) is 9.97 Å². The number of halogens is 4. The Morgan fingerprint density at radius 1 is 1.07 bits per heavy atom. The van der Waals surface area contributed by atoms with E-state index in [1.165, 1.54) is 16.7 Å². The van der Waals surface area contributed by atoms with Gasteiger partial charge in [0.25, 0.3) is 5.56 Å². The molecule has 0 aliphatic rings. The Kier molecular flexibility index (Phi) is 10.4. The van der Waals surface area contributed by atoms with Crippen LogP contribution in [0.5, 0.6) is 5.75 Å². The van der Waals surface area contributed by atoms with Crippen LogP contribution in [0.4, 0.5) is 8.78 Å². The maximum absolute atomic E-state index is 12.9. The standard InChI is InChI=1S/C18H14Cl2FN3O2.C2H6.CH3F/c1-10-7-23-16(19)6-14(10)24-11(2)5-15(17(20)18(24)25)26-9-13-4-3-12(21)8-22-13;2*1-2/h3-8H,9H2,1-2H3;1-2H3;1H3. The van der Waals surface area contributed by atoms with Crippen molar-refractivity contribution < 1.29 is 13.5 Å². The van der Waals surface area contributed by atoms with Gasteiger partial charge in [-0.25, -0.2) is 9.37 Å². The van der Waals surface area contributed by atoms with Crippen LogP contribution in [0.25, 0.3) is 5.69 Å². The molecule has 0 aromatic carbocycles. The van der Waals surface area contributed by atoms with Gasteiger partial charge >= 0.3 is 0 Å². The van der Waals surface area contributed by atoms with Crippen molar-refractivity contribution in [2.24, 2.45) is 0 Å². The van der Waals surface area contributed by atoms with Gasteiger partial charge < -0.3 is 4.74 Å². The molecule has 3 heterocycles. The Balaban J connectivity index is 0.00000106. The highest BCUT2D eigenvalue weighted by atomic mass is 35.5. The van der Waals surface area contributed by atoms with Crippen LogP contribution in [0.1, 0.15) is 30.8 Å². The Morgan fingerprint density at radius 2 is 1.73 bits per heavy atom. The van der Waals surface area contributed by atoms with E-state index in [4.69, 9.17) is 27.9 Å². The van der Waals surface area contributed by atoms with E-state index < -0.39 is 11.4 Å². The second kappa shape index (κ2) is 12.2. The molecular formula is C21H23Cl2F2N3O2. The van der Waals surface area contributed by atoms with Gasteiger partial charge in [-0.1, -0.05) is 37.0 Å². The quantitative estimate of drug-likeness (QED) is 0.458. The number of alkyl halides is 1. The largest absolute Gasteiger partial charge is 0.485 e. The van der Waals surface area contributed by atoms with Gasteiger partial charge in [0, 0.05) is 18.0 Å². The zero-order chi connectivity index (χ0) is 22.8. The third-order valence-corrected chi connectivity index (χ3v) is 4.30. The fourth-order valence-corrected chi connectivity index (χ4v) is 2.80. The number of aryl methyl sites for hydroxylation is 2. The van der Waals surface area contributed by atoms with Crippen LogP contribution in [0.3, 0.4) is 0 Å². The van der Waals surface area contributed by atoms with Crippen molar-refractivity contribution in [1.29, 1.82) is 0 Å². The smallest absolute Gasteiger partial charge is 0.277 e. The van der Waals surface area contributed by atoms with Gasteiger partial charge in [-0.15, -0.1) is 0 Å². The Hall–Kier alpha value is -2.51. The molecule has 0 saturated carbocycles. The molecule has 5 nitrogen and oxygen atoms in total. The molecule has 0 radical (unpaired) electrons. The van der Waals surface area contributed by atoms with Crippen molar-refractivity contribution in [3.05, 3.63) is 80.0 Å². The summed E-state index contributed by atoms with van der Waals surface area (Å²) in [5, 5.41) is 0.209. The first-order valence-electron chi connectivity index (χ1n) is 9.02. The van der Waals surface area contributed by atoms with Crippen molar-refractivity contribution >= 4 is 23.2 Å². The molecule has 0 spiro atoms. The predicted octanol–water partition coefficient (Wildman–Crippen LogP) is 5.88. The highest BCUT2D eigenvalue weighted by Gasteiger charge is 2.16. The first-order valence-corrected chi connectivity index (χ1v) is 9.78. The van der Waals surface area contributed by atoms with E-state index in [1.54, 1.807) is 25.3 Å². The molecule has 3 aromatic rings. The van der Waals surface area contributed by atoms with Crippen LogP contribution in [0.2, 0.25) is 10.2 Å². The molecule has 0 atom stereocenters. The fraction of sp³-hybridized carbons (Fsp3) is 0.286. The molecule has 0 saturated heterocycles. The Bertz CT molecular complexity index is 1030. The van der Waals surface area contributed by atoms with Crippen LogP contribution in [-0.4, -0.2) is 21.7 Å². The number of hydrogen-bond donors (Lipinski definition) is 0. The number of rotatable bonds is 4. The lowest BCUT2D eigenvalue weighted by Gasteiger charge is -2.16. The molecule has 0 fully saturated rings. The van der Waals surface area contributed by atoms with E-state index in [9.17, 15) is 13.6 Å². The minimum atomic E-state index is -0.434. The summed E-state index contributed by atoms with van der Waals surface area (Å²) in [5.41, 5.74) is 2.08.